The number of sulfonamides is 1. The maximum absolute atomic E-state index is 12.7. The summed E-state index contributed by atoms with van der Waals surface area (Å²) < 4.78 is 64.1. The Labute approximate surface area is 190 Å². The van der Waals surface area contributed by atoms with E-state index in [1.54, 1.807) is 18.2 Å². The highest BCUT2D eigenvalue weighted by molar-refractivity contribution is 7.92. The Balaban J connectivity index is 1.74. The molecule has 0 saturated heterocycles. The Kier molecular flexibility index (Phi) is 6.83. The van der Waals surface area contributed by atoms with Gasteiger partial charge in [0.25, 0.3) is 5.91 Å². The van der Waals surface area contributed by atoms with E-state index >= 15 is 0 Å². The van der Waals surface area contributed by atoms with Crippen LogP contribution < -0.4 is 9.62 Å². The summed E-state index contributed by atoms with van der Waals surface area (Å²) >= 11 is 0. The molecule has 1 N–H and O–H groups in total. The normalized spacial score (nSPS) is 11.8. The van der Waals surface area contributed by atoms with E-state index in [2.05, 4.69) is 5.32 Å². The first-order valence-electron chi connectivity index (χ1n) is 9.97. The van der Waals surface area contributed by atoms with E-state index in [0.717, 1.165) is 29.5 Å². The van der Waals surface area contributed by atoms with Gasteiger partial charge >= 0.3 is 6.18 Å². The maximum atomic E-state index is 12.7. The summed E-state index contributed by atoms with van der Waals surface area (Å²) in [4.78, 5) is 12.4. The van der Waals surface area contributed by atoms with E-state index in [4.69, 9.17) is 0 Å². The minimum atomic E-state index is -4.45. The molecule has 0 aliphatic heterocycles. The molecule has 0 aliphatic rings. The van der Waals surface area contributed by atoms with Crippen LogP contribution in [0.5, 0.6) is 0 Å². The fraction of sp³-hybridized carbons (Fsp3) is 0.208. The molecule has 1 amide bonds. The van der Waals surface area contributed by atoms with Gasteiger partial charge < -0.3 is 5.32 Å². The number of hydrogen-bond acceptors (Lipinski definition) is 3. The second kappa shape index (κ2) is 9.27. The number of alkyl halides is 3. The molecule has 0 fully saturated rings. The molecule has 0 saturated carbocycles. The van der Waals surface area contributed by atoms with Gasteiger partial charge in [0.1, 0.15) is 0 Å². The number of benzene rings is 3. The van der Waals surface area contributed by atoms with Crippen LogP contribution >= 0.6 is 0 Å². The molecule has 5 nitrogen and oxygen atoms in total. The molecule has 0 aliphatic carbocycles. The minimum Gasteiger partial charge on any atom is -0.322 e. The van der Waals surface area contributed by atoms with Crippen molar-refractivity contribution in [1.82, 2.24) is 0 Å². The van der Waals surface area contributed by atoms with Crippen LogP contribution in [0.1, 0.15) is 32.6 Å². The number of nitrogens with one attached hydrogen (secondary N) is 1. The van der Waals surface area contributed by atoms with Crippen molar-refractivity contribution in [2.45, 2.75) is 26.6 Å². The lowest BCUT2D eigenvalue weighted by molar-refractivity contribution is -0.137. The zero-order valence-electron chi connectivity index (χ0n) is 18.3. The van der Waals surface area contributed by atoms with Crippen molar-refractivity contribution in [3.8, 4) is 0 Å². The van der Waals surface area contributed by atoms with Crippen molar-refractivity contribution in [2.75, 3.05) is 15.9 Å². The Morgan fingerprint density at radius 1 is 0.909 bits per heavy atom. The van der Waals surface area contributed by atoms with Gasteiger partial charge in [0.2, 0.25) is 10.0 Å². The van der Waals surface area contributed by atoms with Gasteiger partial charge in [-0.1, -0.05) is 18.2 Å². The summed E-state index contributed by atoms with van der Waals surface area (Å²) in [6, 6.07) is 15.9. The van der Waals surface area contributed by atoms with Crippen molar-refractivity contribution >= 4 is 27.3 Å². The maximum Gasteiger partial charge on any atom is 0.416 e. The minimum absolute atomic E-state index is 0.0855. The highest BCUT2D eigenvalue weighted by Crippen LogP contribution is 2.30. The zero-order valence-corrected chi connectivity index (χ0v) is 19.1. The van der Waals surface area contributed by atoms with Crippen LogP contribution in [0, 0.1) is 13.8 Å². The van der Waals surface area contributed by atoms with Crippen molar-refractivity contribution in [3.63, 3.8) is 0 Å². The molecule has 9 heteroatoms. The topological polar surface area (TPSA) is 66.5 Å². The lowest BCUT2D eigenvalue weighted by atomic mass is 10.1. The van der Waals surface area contributed by atoms with Crippen LogP contribution in [-0.4, -0.2) is 20.6 Å². The largest absolute Gasteiger partial charge is 0.416 e. The number of anilines is 2. The fourth-order valence-electron chi connectivity index (χ4n) is 3.15. The van der Waals surface area contributed by atoms with Gasteiger partial charge in [-0.15, -0.1) is 0 Å². The molecule has 0 unspecified atom stereocenters. The first-order valence-corrected chi connectivity index (χ1v) is 11.8. The summed E-state index contributed by atoms with van der Waals surface area (Å²) in [5.74, 6) is -0.490. The van der Waals surface area contributed by atoms with Crippen LogP contribution in [0.3, 0.4) is 0 Å². The highest BCUT2D eigenvalue weighted by Gasteiger charge is 2.30. The average Bonchev–Trinajstić information content (AvgIpc) is 2.73. The van der Waals surface area contributed by atoms with Crippen LogP contribution in [-0.2, 0) is 22.7 Å². The number of nitrogens with zero attached hydrogens (tertiary/aromatic N) is 1. The second-order valence-electron chi connectivity index (χ2n) is 7.76. The molecule has 0 bridgehead atoms. The Morgan fingerprint density at radius 3 is 2.03 bits per heavy atom. The van der Waals surface area contributed by atoms with E-state index in [9.17, 15) is 26.4 Å². The van der Waals surface area contributed by atoms with Gasteiger partial charge in [-0.05, 0) is 79.1 Å². The summed E-state index contributed by atoms with van der Waals surface area (Å²) in [5, 5.41) is 2.55. The third kappa shape index (κ3) is 6.13. The molecule has 3 rings (SSSR count). The molecule has 0 spiro atoms. The van der Waals surface area contributed by atoms with Crippen LogP contribution in [0.25, 0.3) is 0 Å². The van der Waals surface area contributed by atoms with Crippen LogP contribution in [0.2, 0.25) is 0 Å². The molecule has 3 aromatic rings. The lowest BCUT2D eigenvalue weighted by Crippen LogP contribution is -2.29. The Bertz CT molecular complexity index is 1250. The smallest absolute Gasteiger partial charge is 0.322 e. The molecule has 33 heavy (non-hydrogen) atoms. The van der Waals surface area contributed by atoms with Crippen molar-refractivity contribution in [2.24, 2.45) is 0 Å². The summed E-state index contributed by atoms with van der Waals surface area (Å²) in [6.45, 7) is 3.93. The van der Waals surface area contributed by atoms with Gasteiger partial charge in [-0.25, -0.2) is 8.42 Å². The fourth-order valence-corrected chi connectivity index (χ4v) is 4.03. The number of rotatable bonds is 6. The summed E-state index contributed by atoms with van der Waals surface area (Å²) in [6.07, 6.45) is -3.32. The predicted molar refractivity (Wildman–Crippen MR) is 123 cm³/mol. The first kappa shape index (κ1) is 24.3. The SMILES string of the molecule is Cc1ccc(N(Cc2ccc(C(=O)Nc3ccc(C(F)(F)F)cc3)cc2)S(C)(=O)=O)cc1C. The Morgan fingerprint density at radius 2 is 1.52 bits per heavy atom. The molecular formula is C24H23F3N2O3S. The van der Waals surface area contributed by atoms with Crippen molar-refractivity contribution < 1.29 is 26.4 Å². The van der Waals surface area contributed by atoms with E-state index in [1.807, 2.05) is 26.0 Å². The number of carbonyl (C=O) groups excluding carboxylic acids is 1. The number of halogens is 3. The van der Waals surface area contributed by atoms with Crippen LogP contribution in [0.4, 0.5) is 24.5 Å². The molecule has 0 aromatic heterocycles. The van der Waals surface area contributed by atoms with Crippen molar-refractivity contribution in [3.05, 3.63) is 94.5 Å². The van der Waals surface area contributed by atoms with E-state index < -0.39 is 27.7 Å². The number of aryl methyl sites for hydroxylation is 2. The lowest BCUT2D eigenvalue weighted by Gasteiger charge is -2.23. The second-order valence-corrected chi connectivity index (χ2v) is 9.67. The standard InChI is InChI=1S/C24H23F3N2O3S/c1-16-4-13-22(14-17(16)2)29(33(3,31)32)15-18-5-7-19(8-6-18)23(30)28-21-11-9-20(10-12-21)24(25,26)27/h4-14H,15H2,1-3H3,(H,28,30). The molecule has 3 aromatic carbocycles. The molecule has 174 valence electrons. The molecular weight excluding hydrogens is 453 g/mol. The molecule has 0 atom stereocenters. The predicted octanol–water partition coefficient (Wildman–Crippen LogP) is 5.54. The van der Waals surface area contributed by atoms with E-state index in [1.165, 1.54) is 28.6 Å². The third-order valence-corrected chi connectivity index (χ3v) is 6.33. The number of hydrogen-bond donors (Lipinski definition) is 1. The Hall–Kier alpha value is -3.33. The average molecular weight is 477 g/mol. The monoisotopic (exact) mass is 476 g/mol. The van der Waals surface area contributed by atoms with Crippen molar-refractivity contribution in [1.29, 1.82) is 0 Å². The molecule has 0 radical (unpaired) electrons. The zero-order chi connectivity index (χ0) is 24.4. The summed E-state index contributed by atoms with van der Waals surface area (Å²) in [7, 11) is -3.55. The number of amides is 1. The van der Waals surface area contributed by atoms with E-state index in [0.29, 0.717) is 11.3 Å². The van der Waals surface area contributed by atoms with Gasteiger partial charge in [0.15, 0.2) is 0 Å². The van der Waals surface area contributed by atoms with E-state index in [-0.39, 0.29) is 17.8 Å². The quantitative estimate of drug-likeness (QED) is 0.508. The van der Waals surface area contributed by atoms with Gasteiger partial charge in [0.05, 0.1) is 24.1 Å². The van der Waals surface area contributed by atoms with Gasteiger partial charge in [0, 0.05) is 11.3 Å². The van der Waals surface area contributed by atoms with Crippen LogP contribution in [0.15, 0.2) is 66.7 Å². The summed E-state index contributed by atoms with van der Waals surface area (Å²) in [5.41, 5.74) is 2.95. The molecule has 0 heterocycles. The third-order valence-electron chi connectivity index (χ3n) is 5.19. The van der Waals surface area contributed by atoms with Gasteiger partial charge in [-0.3, -0.25) is 9.10 Å². The first-order chi connectivity index (χ1) is 15.3. The number of carbonyl (C=O) groups is 1. The van der Waals surface area contributed by atoms with Gasteiger partial charge in [-0.2, -0.15) is 13.2 Å². The highest BCUT2D eigenvalue weighted by atomic mass is 32.2.